The number of hydrogen-bond donors (Lipinski definition) is 2. The van der Waals surface area contributed by atoms with Gasteiger partial charge in [-0.2, -0.15) is 5.11 Å². The molecule has 10 heavy (non-hydrogen) atoms. The van der Waals surface area contributed by atoms with E-state index < -0.39 is 0 Å². The van der Waals surface area contributed by atoms with Gasteiger partial charge >= 0.3 is 0 Å². The van der Waals surface area contributed by atoms with E-state index in [0.29, 0.717) is 6.04 Å². The average molecular weight is 139 g/mol. The molecule has 0 radical (unpaired) electrons. The van der Waals surface area contributed by atoms with Gasteiger partial charge in [-0.15, -0.1) is 0 Å². The highest BCUT2D eigenvalue weighted by Gasteiger charge is 2.18. The Kier molecular flexibility index (Phi) is 2.42. The number of rotatable bonds is 4. The third-order valence-electron chi connectivity index (χ3n) is 1.57. The van der Waals surface area contributed by atoms with E-state index in [1.807, 2.05) is 13.1 Å². The molecule has 0 aromatic carbocycles. The van der Waals surface area contributed by atoms with Crippen molar-refractivity contribution in [3.8, 4) is 0 Å². The first-order valence-electron chi connectivity index (χ1n) is 3.69. The van der Waals surface area contributed by atoms with Crippen LogP contribution in [0.5, 0.6) is 0 Å². The molecule has 0 saturated heterocycles. The predicted molar refractivity (Wildman–Crippen MR) is 39.7 cm³/mol. The lowest BCUT2D eigenvalue weighted by Crippen LogP contribution is -2.07. The van der Waals surface area contributed by atoms with E-state index in [1.54, 1.807) is 0 Å². The molecule has 1 aliphatic rings. The Bertz CT molecular complexity index is 147. The summed E-state index contributed by atoms with van der Waals surface area (Å²) in [5.41, 5.74) is 7.57. The third kappa shape index (κ3) is 2.17. The first kappa shape index (κ1) is 7.25. The minimum absolute atomic E-state index is 0.670. The first-order chi connectivity index (χ1) is 4.86. The summed E-state index contributed by atoms with van der Waals surface area (Å²) in [5.74, 6) is 0. The summed E-state index contributed by atoms with van der Waals surface area (Å²) in [4.78, 5) is 0. The number of nitrogens with one attached hydrogen (secondary N) is 2. The van der Waals surface area contributed by atoms with Crippen molar-refractivity contribution in [1.29, 1.82) is 5.53 Å². The van der Waals surface area contributed by atoms with Crippen LogP contribution in [-0.2, 0) is 0 Å². The van der Waals surface area contributed by atoms with Crippen molar-refractivity contribution in [2.75, 3.05) is 0 Å². The van der Waals surface area contributed by atoms with Crippen LogP contribution in [0.25, 0.3) is 0 Å². The average Bonchev–Trinajstić information content (AvgIpc) is 2.74. The van der Waals surface area contributed by atoms with Gasteiger partial charge in [0.15, 0.2) is 0 Å². The van der Waals surface area contributed by atoms with Gasteiger partial charge in [-0.25, -0.2) is 5.53 Å². The van der Waals surface area contributed by atoms with Crippen molar-refractivity contribution < 1.29 is 0 Å². The first-order valence-corrected chi connectivity index (χ1v) is 3.69. The molecule has 0 aliphatic heterocycles. The summed E-state index contributed by atoms with van der Waals surface area (Å²) in [7, 11) is 0. The summed E-state index contributed by atoms with van der Waals surface area (Å²) >= 11 is 0. The van der Waals surface area contributed by atoms with E-state index >= 15 is 0 Å². The molecule has 56 valence electrons. The maximum Gasteiger partial charge on any atom is 0.0777 e. The number of allylic oxidation sites excluding steroid dienone is 1. The van der Waals surface area contributed by atoms with Crippen molar-refractivity contribution in [3.63, 3.8) is 0 Å². The van der Waals surface area contributed by atoms with Crippen LogP contribution in [-0.4, -0.2) is 6.04 Å². The molecule has 1 aliphatic carbocycles. The molecule has 0 spiro atoms. The molecule has 3 nitrogen and oxygen atoms in total. The summed E-state index contributed by atoms with van der Waals surface area (Å²) in [6, 6.07) is 0.670. The Morgan fingerprint density at radius 1 is 1.80 bits per heavy atom. The Hall–Kier alpha value is -0.860. The van der Waals surface area contributed by atoms with Crippen molar-refractivity contribution in [3.05, 3.63) is 11.9 Å². The van der Waals surface area contributed by atoms with Gasteiger partial charge in [0.2, 0.25) is 0 Å². The van der Waals surface area contributed by atoms with E-state index in [9.17, 15) is 0 Å². The van der Waals surface area contributed by atoms with Crippen LogP contribution in [0.1, 0.15) is 26.2 Å². The summed E-state index contributed by atoms with van der Waals surface area (Å²) < 4.78 is 0. The molecule has 3 heteroatoms. The molecule has 0 heterocycles. The predicted octanol–water partition coefficient (Wildman–Crippen LogP) is 2.02. The van der Waals surface area contributed by atoms with Gasteiger partial charge in [0, 0.05) is 12.2 Å². The molecule has 0 aromatic rings. The number of nitrogens with zero attached hydrogens (tertiary/aromatic N) is 1. The van der Waals surface area contributed by atoms with Crippen LogP contribution in [0.2, 0.25) is 0 Å². The second kappa shape index (κ2) is 3.34. The van der Waals surface area contributed by atoms with Crippen molar-refractivity contribution in [1.82, 2.24) is 5.32 Å². The van der Waals surface area contributed by atoms with E-state index in [1.165, 1.54) is 12.8 Å². The molecule has 2 N–H and O–H groups in total. The Morgan fingerprint density at radius 3 is 2.90 bits per heavy atom. The van der Waals surface area contributed by atoms with E-state index in [-0.39, 0.29) is 0 Å². The topological polar surface area (TPSA) is 48.2 Å². The highest BCUT2D eigenvalue weighted by molar-refractivity contribution is 4.99. The van der Waals surface area contributed by atoms with Crippen LogP contribution >= 0.6 is 0 Å². The smallest absolute Gasteiger partial charge is 0.0777 e. The molecule has 1 rings (SSSR count). The second-order valence-corrected chi connectivity index (χ2v) is 2.54. The van der Waals surface area contributed by atoms with Crippen LogP contribution < -0.4 is 5.32 Å². The van der Waals surface area contributed by atoms with Gasteiger partial charge in [-0.3, -0.25) is 0 Å². The fourth-order valence-electron chi connectivity index (χ4n) is 0.677. The maximum absolute atomic E-state index is 6.74. The molecule has 0 bridgehead atoms. The fraction of sp³-hybridized carbons (Fsp3) is 0.714. The molecular weight excluding hydrogens is 126 g/mol. The summed E-state index contributed by atoms with van der Waals surface area (Å²) in [6.45, 7) is 2.00. The molecule has 0 amide bonds. The normalized spacial score (nSPS) is 18.7. The molecule has 0 aromatic heterocycles. The van der Waals surface area contributed by atoms with Gasteiger partial charge in [-0.05, 0) is 19.3 Å². The summed E-state index contributed by atoms with van der Waals surface area (Å²) in [5, 5.41) is 6.54. The minimum atomic E-state index is 0.670. The largest absolute Gasteiger partial charge is 0.387 e. The zero-order chi connectivity index (χ0) is 7.40. The zero-order valence-corrected chi connectivity index (χ0v) is 6.22. The van der Waals surface area contributed by atoms with E-state index in [4.69, 9.17) is 5.53 Å². The highest BCUT2D eigenvalue weighted by Crippen LogP contribution is 2.18. The third-order valence-corrected chi connectivity index (χ3v) is 1.57. The van der Waals surface area contributed by atoms with Crippen LogP contribution in [0.3, 0.4) is 0 Å². The van der Waals surface area contributed by atoms with Gasteiger partial charge in [0.05, 0.1) is 5.70 Å². The van der Waals surface area contributed by atoms with Crippen molar-refractivity contribution in [2.45, 2.75) is 32.2 Å². The monoisotopic (exact) mass is 139 g/mol. The van der Waals surface area contributed by atoms with Crippen LogP contribution in [0.15, 0.2) is 17.0 Å². The van der Waals surface area contributed by atoms with Gasteiger partial charge in [-0.1, -0.05) is 6.92 Å². The lowest BCUT2D eigenvalue weighted by Gasteiger charge is -1.96. The van der Waals surface area contributed by atoms with Crippen molar-refractivity contribution >= 4 is 0 Å². The minimum Gasteiger partial charge on any atom is -0.387 e. The molecule has 0 unspecified atom stereocenters. The Balaban J connectivity index is 2.25. The zero-order valence-electron chi connectivity index (χ0n) is 6.22. The maximum atomic E-state index is 6.74. The SMILES string of the molecule is CC/C(=C/NC1CC1)N=N. The van der Waals surface area contributed by atoms with Crippen LogP contribution in [0.4, 0.5) is 0 Å². The quantitative estimate of drug-likeness (QED) is 0.575. The van der Waals surface area contributed by atoms with Gasteiger partial charge < -0.3 is 5.32 Å². The van der Waals surface area contributed by atoms with E-state index in [0.717, 1.165) is 12.1 Å². The van der Waals surface area contributed by atoms with Crippen LogP contribution in [0, 0.1) is 5.53 Å². The molecular formula is C7H13N3. The fourth-order valence-corrected chi connectivity index (χ4v) is 0.677. The second-order valence-electron chi connectivity index (χ2n) is 2.54. The molecule has 1 saturated carbocycles. The Morgan fingerprint density at radius 2 is 2.50 bits per heavy atom. The Labute approximate surface area is 61.0 Å². The standard InChI is InChI=1S/C7H13N3/c1-2-6(10-8)5-9-7-3-4-7/h5,7-9H,2-4H2,1H3/b6-5-,10-8?. The van der Waals surface area contributed by atoms with E-state index in [2.05, 4.69) is 10.4 Å². The molecule has 0 atom stereocenters. The van der Waals surface area contributed by atoms with Gasteiger partial charge in [0.1, 0.15) is 0 Å². The number of hydrogen-bond acceptors (Lipinski definition) is 3. The van der Waals surface area contributed by atoms with Crippen molar-refractivity contribution in [2.24, 2.45) is 5.11 Å². The molecule has 1 fully saturated rings. The lowest BCUT2D eigenvalue weighted by atomic mass is 10.4. The van der Waals surface area contributed by atoms with Gasteiger partial charge in [0.25, 0.3) is 0 Å². The summed E-state index contributed by atoms with van der Waals surface area (Å²) in [6.07, 6.45) is 5.23. The lowest BCUT2D eigenvalue weighted by molar-refractivity contribution is 0.828. The highest BCUT2D eigenvalue weighted by atomic mass is 15.0.